The minimum Gasteiger partial charge on any atom is -0.497 e. The van der Waals surface area contributed by atoms with Crippen LogP contribution in [0.4, 0.5) is 18.9 Å². The van der Waals surface area contributed by atoms with Crippen LogP contribution in [-0.4, -0.2) is 41.7 Å². The number of para-hydroxylation sites is 1. The number of aryl methyl sites for hydroxylation is 2. The Labute approximate surface area is 245 Å². The molecule has 1 aromatic heterocycles. The number of carboxylic acids is 1. The zero-order valence-electron chi connectivity index (χ0n) is 23.5. The first-order valence-electron chi connectivity index (χ1n) is 13.3. The number of hydrogen-bond acceptors (Lipinski definition) is 6. The van der Waals surface area contributed by atoms with Crippen LogP contribution < -0.4 is 19.7 Å². The van der Waals surface area contributed by atoms with Crippen molar-refractivity contribution < 1.29 is 37.3 Å². The third kappa shape index (κ3) is 5.63. The normalized spacial score (nSPS) is 17.2. The van der Waals surface area contributed by atoms with Gasteiger partial charge in [-0.15, -0.1) is 0 Å². The van der Waals surface area contributed by atoms with Gasteiger partial charge in [0.25, 0.3) is 0 Å². The summed E-state index contributed by atoms with van der Waals surface area (Å²) < 4.78 is 54.8. The second-order valence-corrected chi connectivity index (χ2v) is 10.2. The predicted molar refractivity (Wildman–Crippen MR) is 151 cm³/mol. The lowest BCUT2D eigenvalue weighted by molar-refractivity contribution is -0.149. The van der Waals surface area contributed by atoms with E-state index in [1.54, 1.807) is 61.5 Å². The van der Waals surface area contributed by atoms with Gasteiger partial charge in [0.15, 0.2) is 0 Å². The first kappa shape index (κ1) is 29.6. The smallest absolute Gasteiger partial charge is 0.347 e. The maximum Gasteiger partial charge on any atom is 0.347 e. The number of pyridine rings is 1. The Morgan fingerprint density at radius 1 is 1.05 bits per heavy atom. The third-order valence-electron chi connectivity index (χ3n) is 7.32. The first-order valence-corrected chi connectivity index (χ1v) is 13.3. The fraction of sp³-hybridized carbons (Fsp3) is 0.219. The number of anilines is 1. The summed E-state index contributed by atoms with van der Waals surface area (Å²) in [5, 5.41) is 13.8. The van der Waals surface area contributed by atoms with Crippen LogP contribution in [0.1, 0.15) is 27.9 Å². The van der Waals surface area contributed by atoms with Crippen molar-refractivity contribution in [2.45, 2.75) is 32.0 Å². The minimum absolute atomic E-state index is 0.0503. The Morgan fingerprint density at radius 3 is 2.44 bits per heavy atom. The summed E-state index contributed by atoms with van der Waals surface area (Å²) in [5.41, 5.74) is -0.0515. The number of benzene rings is 3. The Bertz CT molecular complexity index is 1670. The summed E-state index contributed by atoms with van der Waals surface area (Å²) >= 11 is 0. The van der Waals surface area contributed by atoms with E-state index in [2.05, 4.69) is 10.3 Å². The van der Waals surface area contributed by atoms with Crippen LogP contribution in [0.3, 0.4) is 0 Å². The standard InChI is InChI=1S/C32H28F3N3O5/c1-18-11-19(2)37-28(12-18)43-30(31(40)41)32(20-7-6-8-22(13-20)42-3)24-9-4-5-10-27(24)38(29(39)16-36-32)17-23-25(34)14-21(33)15-26(23)35/h4-15,30,36H,16-17H2,1-3H3,(H,40,41)/t30-,32+/m1/s1. The van der Waals surface area contributed by atoms with Gasteiger partial charge in [0.05, 0.1) is 20.2 Å². The molecule has 1 amide bonds. The molecule has 0 bridgehead atoms. The van der Waals surface area contributed by atoms with E-state index in [-0.39, 0.29) is 17.1 Å². The lowest BCUT2D eigenvalue weighted by atomic mass is 9.77. The number of amides is 1. The third-order valence-corrected chi connectivity index (χ3v) is 7.32. The van der Waals surface area contributed by atoms with E-state index in [1.165, 1.54) is 7.11 Å². The number of ether oxygens (including phenoxy) is 2. The monoisotopic (exact) mass is 591 g/mol. The maximum absolute atomic E-state index is 14.8. The molecule has 1 aliphatic heterocycles. The highest BCUT2D eigenvalue weighted by molar-refractivity contribution is 5.97. The van der Waals surface area contributed by atoms with Crippen LogP contribution in [0.15, 0.2) is 72.8 Å². The number of nitrogens with zero attached hydrogens (tertiary/aromatic N) is 2. The number of methoxy groups -OCH3 is 1. The van der Waals surface area contributed by atoms with E-state index in [9.17, 15) is 27.9 Å². The van der Waals surface area contributed by atoms with E-state index in [0.29, 0.717) is 29.1 Å². The zero-order chi connectivity index (χ0) is 30.9. The summed E-state index contributed by atoms with van der Waals surface area (Å²) in [6, 6.07) is 17.5. The molecule has 0 unspecified atom stereocenters. The molecule has 11 heteroatoms. The van der Waals surface area contributed by atoms with Gasteiger partial charge in [-0.05, 0) is 49.2 Å². The van der Waals surface area contributed by atoms with Gasteiger partial charge in [-0.3, -0.25) is 10.1 Å². The van der Waals surface area contributed by atoms with Crippen LogP contribution in [0, 0.1) is 31.3 Å². The highest BCUT2D eigenvalue weighted by Crippen LogP contribution is 2.43. The van der Waals surface area contributed by atoms with Gasteiger partial charge in [-0.2, -0.15) is 0 Å². The number of nitrogens with one attached hydrogen (secondary N) is 1. The minimum atomic E-state index is -1.75. The van der Waals surface area contributed by atoms with Crippen molar-refractivity contribution in [3.05, 3.63) is 118 Å². The zero-order valence-corrected chi connectivity index (χ0v) is 23.5. The molecule has 4 aromatic rings. The first-order chi connectivity index (χ1) is 20.5. The number of carbonyl (C=O) groups is 2. The van der Waals surface area contributed by atoms with E-state index >= 15 is 0 Å². The van der Waals surface area contributed by atoms with Crippen molar-refractivity contribution in [1.82, 2.24) is 10.3 Å². The highest BCUT2D eigenvalue weighted by atomic mass is 19.1. The van der Waals surface area contributed by atoms with E-state index in [0.717, 1.165) is 10.5 Å². The van der Waals surface area contributed by atoms with Crippen LogP contribution in [-0.2, 0) is 21.7 Å². The Balaban J connectivity index is 1.76. The number of aliphatic carboxylic acids is 1. The molecule has 5 rings (SSSR count). The lowest BCUT2D eigenvalue weighted by Crippen LogP contribution is -2.58. The number of rotatable bonds is 8. The SMILES string of the molecule is COc1cccc([C@]2([C@H](Oc3cc(C)cc(C)n3)C(=O)O)NCC(=O)N(Cc3c(F)cc(F)cc3F)c3ccccc32)c1. The molecule has 0 spiro atoms. The molecule has 43 heavy (non-hydrogen) atoms. The summed E-state index contributed by atoms with van der Waals surface area (Å²) in [4.78, 5) is 32.3. The van der Waals surface area contributed by atoms with Gasteiger partial charge >= 0.3 is 5.97 Å². The molecule has 222 valence electrons. The van der Waals surface area contributed by atoms with Crippen LogP contribution in [0.5, 0.6) is 11.6 Å². The highest BCUT2D eigenvalue weighted by Gasteiger charge is 2.52. The molecular formula is C32H28F3N3O5. The average Bonchev–Trinajstić information content (AvgIpc) is 3.07. The van der Waals surface area contributed by atoms with E-state index in [1.807, 2.05) is 13.0 Å². The van der Waals surface area contributed by atoms with Crippen LogP contribution in [0.25, 0.3) is 0 Å². The second-order valence-electron chi connectivity index (χ2n) is 10.2. The van der Waals surface area contributed by atoms with Gasteiger partial charge < -0.3 is 19.5 Å². The molecule has 0 radical (unpaired) electrons. The van der Waals surface area contributed by atoms with Gasteiger partial charge in [0, 0.05) is 40.7 Å². The van der Waals surface area contributed by atoms with Crippen molar-refractivity contribution >= 4 is 17.6 Å². The molecule has 1 aliphatic rings. The van der Waals surface area contributed by atoms with Crippen LogP contribution in [0.2, 0.25) is 0 Å². The maximum atomic E-state index is 14.8. The van der Waals surface area contributed by atoms with Crippen molar-refractivity contribution in [1.29, 1.82) is 0 Å². The fourth-order valence-corrected chi connectivity index (χ4v) is 5.46. The van der Waals surface area contributed by atoms with E-state index in [4.69, 9.17) is 9.47 Å². The summed E-state index contributed by atoms with van der Waals surface area (Å²) in [6.07, 6.45) is -1.71. The molecule has 0 fully saturated rings. The molecule has 2 N–H and O–H groups in total. The molecule has 0 saturated carbocycles. The predicted octanol–water partition coefficient (Wildman–Crippen LogP) is 5.04. The molecule has 8 nitrogen and oxygen atoms in total. The van der Waals surface area contributed by atoms with Gasteiger partial charge in [0.2, 0.25) is 17.9 Å². The lowest BCUT2D eigenvalue weighted by Gasteiger charge is -2.40. The molecular weight excluding hydrogens is 563 g/mol. The molecule has 2 heterocycles. The average molecular weight is 592 g/mol. The Morgan fingerprint density at radius 2 is 1.77 bits per heavy atom. The van der Waals surface area contributed by atoms with Crippen molar-refractivity contribution in [2.24, 2.45) is 0 Å². The van der Waals surface area contributed by atoms with Crippen LogP contribution >= 0.6 is 0 Å². The number of hydrogen-bond donors (Lipinski definition) is 2. The Kier molecular flexibility index (Phi) is 8.10. The Hall–Kier alpha value is -4.90. The fourth-order valence-electron chi connectivity index (χ4n) is 5.46. The molecule has 2 atom stereocenters. The topological polar surface area (TPSA) is 101 Å². The molecule has 0 aliphatic carbocycles. The van der Waals surface area contributed by atoms with Gasteiger partial charge in [-0.25, -0.2) is 22.9 Å². The number of carboxylic acid groups (broad SMARTS) is 1. The van der Waals surface area contributed by atoms with Crippen molar-refractivity contribution in [2.75, 3.05) is 18.6 Å². The van der Waals surface area contributed by atoms with Gasteiger partial charge in [0.1, 0.15) is 28.7 Å². The summed E-state index contributed by atoms with van der Waals surface area (Å²) in [7, 11) is 1.46. The molecule has 3 aromatic carbocycles. The second kappa shape index (κ2) is 11.8. The largest absolute Gasteiger partial charge is 0.497 e. The number of aromatic nitrogens is 1. The summed E-state index contributed by atoms with van der Waals surface area (Å²) in [6.45, 7) is 2.53. The number of fused-ring (bicyclic) bond motifs is 1. The molecule has 0 saturated heterocycles. The number of halogens is 3. The summed E-state index contributed by atoms with van der Waals surface area (Å²) in [5.74, 6) is -4.95. The number of carbonyl (C=O) groups excluding carboxylic acids is 1. The van der Waals surface area contributed by atoms with Crippen molar-refractivity contribution in [3.8, 4) is 11.6 Å². The van der Waals surface area contributed by atoms with Gasteiger partial charge in [-0.1, -0.05) is 30.3 Å². The van der Waals surface area contributed by atoms with Crippen molar-refractivity contribution in [3.63, 3.8) is 0 Å². The van der Waals surface area contributed by atoms with E-state index < -0.39 is 59.6 Å². The quantitative estimate of drug-likeness (QED) is 0.296.